The summed E-state index contributed by atoms with van der Waals surface area (Å²) in [5, 5.41) is 2.78. The highest BCUT2D eigenvalue weighted by molar-refractivity contribution is 6.56. The van der Waals surface area contributed by atoms with Crippen LogP contribution in [0.4, 0.5) is 5.69 Å². The summed E-state index contributed by atoms with van der Waals surface area (Å²) in [5.74, 6) is 0.308. The number of amides is 1. The number of aromatic nitrogens is 1. The van der Waals surface area contributed by atoms with Gasteiger partial charge in [-0.05, 0) is 45.3 Å². The molecule has 1 saturated heterocycles. The van der Waals surface area contributed by atoms with Crippen molar-refractivity contribution < 1.29 is 18.8 Å². The van der Waals surface area contributed by atoms with E-state index in [2.05, 4.69) is 10.3 Å². The number of pyridine rings is 1. The van der Waals surface area contributed by atoms with Crippen molar-refractivity contribution in [3.05, 3.63) is 23.3 Å². The van der Waals surface area contributed by atoms with Crippen LogP contribution in [0.25, 0.3) is 6.08 Å². The van der Waals surface area contributed by atoms with Gasteiger partial charge in [-0.15, -0.1) is 0 Å². The van der Waals surface area contributed by atoms with Crippen molar-refractivity contribution in [1.29, 1.82) is 0 Å². The Bertz CT molecular complexity index is 672. The molecule has 0 spiro atoms. The van der Waals surface area contributed by atoms with Crippen molar-refractivity contribution in [3.63, 3.8) is 0 Å². The third kappa shape index (κ3) is 4.32. The Morgan fingerprint density at radius 3 is 2.44 bits per heavy atom. The second kappa shape index (κ2) is 7.05. The average Bonchev–Trinajstić information content (AvgIpc) is 2.73. The Balaban J connectivity index is 2.38. The van der Waals surface area contributed by atoms with E-state index in [4.69, 9.17) is 19.8 Å². The zero-order valence-corrected chi connectivity index (χ0v) is 15.7. The number of nitrogens with one attached hydrogen (secondary N) is 1. The van der Waals surface area contributed by atoms with Crippen LogP contribution in [-0.2, 0) is 14.1 Å². The highest BCUT2D eigenvalue weighted by Crippen LogP contribution is 2.38. The molecule has 0 aromatic carbocycles. The van der Waals surface area contributed by atoms with Gasteiger partial charge in [0.05, 0.1) is 29.7 Å². The van der Waals surface area contributed by atoms with Crippen LogP contribution in [0.2, 0.25) is 0 Å². The summed E-state index contributed by atoms with van der Waals surface area (Å²) >= 11 is 0. The van der Waals surface area contributed by atoms with Crippen molar-refractivity contribution >= 4 is 24.8 Å². The Kier molecular flexibility index (Phi) is 5.44. The molecule has 136 valence electrons. The van der Waals surface area contributed by atoms with Crippen LogP contribution in [-0.4, -0.2) is 42.9 Å². The number of hydrogen-bond acceptors (Lipinski definition) is 6. The number of nitrogen functional groups attached to an aromatic ring is 1. The molecule has 0 saturated carbocycles. The topological polar surface area (TPSA) is 95.7 Å². The molecule has 7 nitrogen and oxygen atoms in total. The van der Waals surface area contributed by atoms with Gasteiger partial charge < -0.3 is 25.1 Å². The summed E-state index contributed by atoms with van der Waals surface area (Å²) in [5.41, 5.74) is 6.81. The van der Waals surface area contributed by atoms with Crippen molar-refractivity contribution in [2.75, 3.05) is 19.4 Å². The summed E-state index contributed by atoms with van der Waals surface area (Å²) in [6.07, 6.45) is 1.77. The van der Waals surface area contributed by atoms with E-state index in [9.17, 15) is 4.79 Å². The monoisotopic (exact) mass is 347 g/mol. The first kappa shape index (κ1) is 19.3. The zero-order chi connectivity index (χ0) is 18.8. The average molecular weight is 347 g/mol. The molecule has 25 heavy (non-hydrogen) atoms. The zero-order valence-electron chi connectivity index (χ0n) is 15.7. The summed E-state index contributed by atoms with van der Waals surface area (Å²) in [4.78, 5) is 15.7. The van der Waals surface area contributed by atoms with Crippen LogP contribution >= 0.6 is 0 Å². The Morgan fingerprint density at radius 2 is 1.92 bits per heavy atom. The number of hydrogen-bond donors (Lipinski definition) is 2. The normalized spacial score (nSPS) is 19.0. The van der Waals surface area contributed by atoms with Crippen LogP contribution in [0.5, 0.6) is 5.88 Å². The van der Waals surface area contributed by atoms with Gasteiger partial charge >= 0.3 is 7.12 Å². The molecule has 0 radical (unpaired) electrons. The Morgan fingerprint density at radius 1 is 1.32 bits per heavy atom. The number of nitrogens with two attached hydrogens (primary N) is 1. The first-order valence-corrected chi connectivity index (χ1v) is 8.17. The molecule has 8 heteroatoms. The third-order valence-electron chi connectivity index (χ3n) is 4.56. The fourth-order valence-electron chi connectivity index (χ4n) is 2.30. The van der Waals surface area contributed by atoms with Crippen molar-refractivity contribution in [2.24, 2.45) is 0 Å². The van der Waals surface area contributed by atoms with Crippen LogP contribution in [0.15, 0.2) is 17.6 Å². The molecule has 1 aliphatic rings. The molecule has 2 rings (SSSR count). The van der Waals surface area contributed by atoms with E-state index >= 15 is 0 Å². The van der Waals surface area contributed by atoms with Gasteiger partial charge in [0.25, 0.3) is 0 Å². The summed E-state index contributed by atoms with van der Waals surface area (Å²) < 4.78 is 17.3. The van der Waals surface area contributed by atoms with Gasteiger partial charge in [-0.2, -0.15) is 0 Å². The van der Waals surface area contributed by atoms with E-state index in [1.165, 1.54) is 6.92 Å². The number of anilines is 1. The number of carbonyl (C=O) groups excluding carboxylic acids is 1. The van der Waals surface area contributed by atoms with Crippen LogP contribution < -0.4 is 15.8 Å². The van der Waals surface area contributed by atoms with Gasteiger partial charge in [0, 0.05) is 19.5 Å². The minimum Gasteiger partial charge on any atom is -0.481 e. The quantitative estimate of drug-likeness (QED) is 0.789. The lowest BCUT2D eigenvalue weighted by atomic mass is 9.77. The van der Waals surface area contributed by atoms with Gasteiger partial charge in [0.15, 0.2) is 0 Å². The van der Waals surface area contributed by atoms with Crippen molar-refractivity contribution in [3.8, 4) is 5.88 Å². The molecule has 1 aromatic rings. The molecule has 1 fully saturated rings. The van der Waals surface area contributed by atoms with Gasteiger partial charge in [0.2, 0.25) is 11.8 Å². The number of nitrogens with zero attached hydrogens (tertiary/aromatic N) is 1. The SMILES string of the molecule is COc1ccc(N)c(C=C(CNC(C)=O)B2OC(C)(C)C(C)(C)O2)n1. The van der Waals surface area contributed by atoms with E-state index in [1.54, 1.807) is 25.3 Å². The van der Waals surface area contributed by atoms with Gasteiger partial charge in [0.1, 0.15) is 0 Å². The molecule has 0 aliphatic carbocycles. The molecule has 0 atom stereocenters. The minimum atomic E-state index is -0.607. The maximum Gasteiger partial charge on any atom is 0.492 e. The fraction of sp³-hybridized carbons (Fsp3) is 0.529. The maximum absolute atomic E-state index is 11.4. The molecule has 1 aromatic heterocycles. The lowest BCUT2D eigenvalue weighted by Gasteiger charge is -2.32. The first-order chi connectivity index (χ1) is 11.6. The van der Waals surface area contributed by atoms with Gasteiger partial charge in [-0.3, -0.25) is 4.79 Å². The second-order valence-corrected chi connectivity index (χ2v) is 7.05. The van der Waals surface area contributed by atoms with E-state index in [1.807, 2.05) is 27.7 Å². The second-order valence-electron chi connectivity index (χ2n) is 7.05. The Labute approximate surface area is 149 Å². The molecule has 0 bridgehead atoms. The predicted octanol–water partition coefficient (Wildman–Crippen LogP) is 1.82. The lowest BCUT2D eigenvalue weighted by molar-refractivity contribution is -0.118. The first-order valence-electron chi connectivity index (χ1n) is 8.17. The molecule has 3 N–H and O–H groups in total. The van der Waals surface area contributed by atoms with E-state index in [-0.39, 0.29) is 12.5 Å². The molecule has 1 amide bonds. The van der Waals surface area contributed by atoms with Crippen molar-refractivity contribution in [1.82, 2.24) is 10.3 Å². The summed E-state index contributed by atoms with van der Waals surface area (Å²) in [6.45, 7) is 9.62. The van der Waals surface area contributed by atoms with E-state index < -0.39 is 18.3 Å². The molecule has 2 heterocycles. The van der Waals surface area contributed by atoms with Crippen LogP contribution in [0.1, 0.15) is 40.3 Å². The fourth-order valence-corrected chi connectivity index (χ4v) is 2.30. The van der Waals surface area contributed by atoms with Crippen LogP contribution in [0.3, 0.4) is 0 Å². The van der Waals surface area contributed by atoms with Crippen molar-refractivity contribution in [2.45, 2.75) is 45.8 Å². The molecule has 0 unspecified atom stereocenters. The predicted molar refractivity (Wildman–Crippen MR) is 97.9 cm³/mol. The Hall–Kier alpha value is -2.06. The smallest absolute Gasteiger partial charge is 0.481 e. The summed E-state index contributed by atoms with van der Waals surface area (Å²) in [7, 11) is 0.933. The molecular weight excluding hydrogens is 321 g/mol. The highest BCUT2D eigenvalue weighted by Gasteiger charge is 2.52. The van der Waals surface area contributed by atoms with Gasteiger partial charge in [-0.25, -0.2) is 4.98 Å². The number of rotatable bonds is 5. The largest absolute Gasteiger partial charge is 0.492 e. The van der Waals surface area contributed by atoms with Crippen LogP contribution in [0, 0.1) is 0 Å². The third-order valence-corrected chi connectivity index (χ3v) is 4.56. The minimum absolute atomic E-state index is 0.144. The number of ether oxygens (including phenoxy) is 1. The highest BCUT2D eigenvalue weighted by atomic mass is 16.7. The van der Waals surface area contributed by atoms with E-state index in [0.717, 1.165) is 5.47 Å². The molecular formula is C17H26BN3O4. The number of methoxy groups -OCH3 is 1. The van der Waals surface area contributed by atoms with Gasteiger partial charge in [-0.1, -0.05) is 0 Å². The number of carbonyl (C=O) groups is 1. The standard InChI is InChI=1S/C17H26BN3O4/c1-11(22)20-10-12(18-24-16(2,3)17(4,5)25-18)9-14-13(19)7-8-15(21-14)23-6/h7-9H,10,19H2,1-6H3,(H,20,22). The maximum atomic E-state index is 11.4. The molecule has 1 aliphatic heterocycles. The van der Waals surface area contributed by atoms with E-state index in [0.29, 0.717) is 17.3 Å². The summed E-state index contributed by atoms with van der Waals surface area (Å²) in [6, 6.07) is 3.41. The lowest BCUT2D eigenvalue weighted by Crippen LogP contribution is -2.41.